The lowest BCUT2D eigenvalue weighted by atomic mass is 9.51. The van der Waals surface area contributed by atoms with E-state index in [1.807, 2.05) is 30.3 Å². The van der Waals surface area contributed by atoms with Crippen LogP contribution < -0.4 is 10.6 Å². The van der Waals surface area contributed by atoms with Crippen molar-refractivity contribution in [1.82, 2.24) is 10.6 Å². The van der Waals surface area contributed by atoms with Crippen molar-refractivity contribution in [3.63, 3.8) is 0 Å². The van der Waals surface area contributed by atoms with E-state index in [4.69, 9.17) is 42.6 Å². The number of carbonyl (C=O) groups is 7. The van der Waals surface area contributed by atoms with Crippen LogP contribution in [0.25, 0.3) is 0 Å². The van der Waals surface area contributed by atoms with Crippen molar-refractivity contribution in [3.05, 3.63) is 130 Å². The molecule has 5 N–H and O–H groups in total. The Kier molecular flexibility index (Phi) is 17.9. The fraction of sp³-hybridized carbons (Fsp3) is 0.482. The lowest BCUT2D eigenvalue weighted by molar-refractivity contribution is -0.298. The zero-order valence-corrected chi connectivity index (χ0v) is 43.9. The van der Waals surface area contributed by atoms with Gasteiger partial charge < -0.3 is 68.6 Å². The molecular formula is C56H66N2O19. The minimum absolute atomic E-state index is 0.0222. The molecule has 2 fully saturated rings. The Labute approximate surface area is 445 Å². The third-order valence-corrected chi connectivity index (χ3v) is 14.1. The number of Topliss-reactive ketones (excluding diaryl/α,β-unsaturated/α-hetero) is 1. The first-order valence-electron chi connectivity index (χ1n) is 25.2. The van der Waals surface area contributed by atoms with Gasteiger partial charge in [0.2, 0.25) is 6.10 Å². The molecule has 21 nitrogen and oxygen atoms in total. The van der Waals surface area contributed by atoms with Crippen LogP contribution in [0.4, 0.5) is 9.59 Å². The van der Waals surface area contributed by atoms with Gasteiger partial charge in [0.1, 0.15) is 60.6 Å². The molecular weight excluding hydrogens is 1000 g/mol. The van der Waals surface area contributed by atoms with E-state index in [1.54, 1.807) is 69.3 Å². The molecule has 2 amide bonds. The van der Waals surface area contributed by atoms with Crippen LogP contribution in [-0.2, 0) is 68.4 Å². The number of benzene rings is 3. The third kappa shape index (κ3) is 12.8. The fourth-order valence-corrected chi connectivity index (χ4v) is 10.4. The second-order valence-electron chi connectivity index (χ2n) is 20.7. The average Bonchev–Trinajstić information content (AvgIpc) is 3.45. The van der Waals surface area contributed by atoms with Crippen LogP contribution in [0.5, 0.6) is 0 Å². The van der Waals surface area contributed by atoms with E-state index in [0.717, 1.165) is 12.5 Å². The first kappa shape index (κ1) is 57.5. The van der Waals surface area contributed by atoms with E-state index in [2.05, 4.69) is 10.6 Å². The minimum atomic E-state index is -2.48. The monoisotopic (exact) mass is 1070 g/mol. The van der Waals surface area contributed by atoms with E-state index in [-0.39, 0.29) is 61.9 Å². The van der Waals surface area contributed by atoms with Crippen molar-refractivity contribution in [2.75, 3.05) is 39.6 Å². The number of fused-ring (bicyclic) bond motifs is 5. The Morgan fingerprint density at radius 1 is 0.857 bits per heavy atom. The van der Waals surface area contributed by atoms with Crippen molar-refractivity contribution >= 4 is 41.8 Å². The number of amides is 2. The summed E-state index contributed by atoms with van der Waals surface area (Å²) in [6.07, 6.45) is -11.4. The molecule has 0 radical (unpaired) electrons. The number of rotatable bonds is 19. The Morgan fingerprint density at radius 3 is 2.12 bits per heavy atom. The predicted molar refractivity (Wildman–Crippen MR) is 269 cm³/mol. The average molecular weight is 1070 g/mol. The Bertz CT molecular complexity index is 2720. The minimum Gasteiger partial charge on any atom is -0.509 e. The highest BCUT2D eigenvalue weighted by Crippen LogP contribution is 2.60. The summed E-state index contributed by atoms with van der Waals surface area (Å²) in [6.45, 7) is 9.49. The van der Waals surface area contributed by atoms with Crippen molar-refractivity contribution in [2.24, 2.45) is 11.3 Å². The number of esters is 4. The summed E-state index contributed by atoms with van der Waals surface area (Å²) in [6, 6.07) is 23.3. The number of aliphatic hydroxyl groups excluding tert-OH is 2. The van der Waals surface area contributed by atoms with Crippen LogP contribution in [-0.4, -0.2) is 144 Å². The first-order chi connectivity index (χ1) is 36.5. The van der Waals surface area contributed by atoms with Gasteiger partial charge in [-0.25, -0.2) is 24.0 Å². The number of nitrogens with one attached hydrogen (secondary N) is 2. The number of ether oxygens (including phenoxy) is 9. The highest BCUT2D eigenvalue weighted by molar-refractivity contribution is 5.99. The third-order valence-electron chi connectivity index (χ3n) is 14.1. The van der Waals surface area contributed by atoms with Crippen molar-refractivity contribution in [2.45, 2.75) is 121 Å². The summed E-state index contributed by atoms with van der Waals surface area (Å²) in [4.78, 5) is 95.9. The normalized spacial score (nSPS) is 25.2. The van der Waals surface area contributed by atoms with E-state index >= 15 is 4.79 Å². The topological polar surface area (TPSA) is 287 Å². The van der Waals surface area contributed by atoms with Gasteiger partial charge in [0.25, 0.3) is 0 Å². The van der Waals surface area contributed by atoms with Gasteiger partial charge in [-0.05, 0) is 62.1 Å². The lowest BCUT2D eigenvalue weighted by Gasteiger charge is -2.62. The smallest absolute Gasteiger partial charge is 0.408 e. The second-order valence-corrected chi connectivity index (χ2v) is 20.7. The Hall–Kier alpha value is -7.17. The summed E-state index contributed by atoms with van der Waals surface area (Å²) < 4.78 is 51.9. The van der Waals surface area contributed by atoms with Crippen LogP contribution in [0.2, 0.25) is 0 Å². The number of hydrogen-bond acceptors (Lipinski definition) is 19. The molecule has 7 rings (SSSR count). The number of aliphatic hydroxyl groups is 3. The molecule has 1 saturated carbocycles. The highest BCUT2D eigenvalue weighted by atomic mass is 16.6. The maximum atomic E-state index is 15.1. The largest absolute Gasteiger partial charge is 0.509 e. The van der Waals surface area contributed by atoms with Crippen molar-refractivity contribution in [1.29, 1.82) is 0 Å². The molecule has 1 aliphatic heterocycles. The van der Waals surface area contributed by atoms with Gasteiger partial charge in [-0.3, -0.25) is 9.59 Å². The molecule has 3 aromatic rings. The number of ketones is 1. The molecule has 4 aliphatic rings. The summed E-state index contributed by atoms with van der Waals surface area (Å²) >= 11 is 0. The first-order valence-corrected chi connectivity index (χ1v) is 25.2. The van der Waals surface area contributed by atoms with Crippen LogP contribution in [0.3, 0.4) is 0 Å². The molecule has 1 saturated heterocycles. The molecule has 9 atom stereocenters. The van der Waals surface area contributed by atoms with Gasteiger partial charge in [-0.15, -0.1) is 0 Å². The maximum Gasteiger partial charge on any atom is 0.408 e. The summed E-state index contributed by atoms with van der Waals surface area (Å²) in [5.41, 5.74) is -6.43. The van der Waals surface area contributed by atoms with E-state index < -0.39 is 137 Å². The summed E-state index contributed by atoms with van der Waals surface area (Å²) in [5.74, 6) is -7.47. The number of alkyl carbamates (subject to hydrolysis) is 2. The van der Waals surface area contributed by atoms with Crippen LogP contribution in [0, 0.1) is 11.3 Å². The van der Waals surface area contributed by atoms with Crippen LogP contribution in [0.1, 0.15) is 88.8 Å². The molecule has 414 valence electrons. The zero-order valence-electron chi connectivity index (χ0n) is 43.9. The standard InChI is InChI=1S/C56H66N2O19/c1-32-38(28-56(68)48(75-49(64)36-21-15-10-16-22-36)43-41(45(62)46(63)42(32)54(56,6)7)37(60)27-39-55(43,31-72-39)76-33(2)59)73-50(65)47(44(35-19-13-9-14-20-35)58-52(67)77-53(3,4)5)74-40(61)30-70-26-25-69-24-23-57-51(66)71-29-34-17-11-8-12-18-34/h8-22,38-39,43-44,46-48,62-63,68H,23-31H2,1-7H3,(H,57,66)(H,58,67)/t38-,39?,43+,44-,46+,47+,48-,55-,56+/m0/s1. The highest BCUT2D eigenvalue weighted by Gasteiger charge is 2.73. The van der Waals surface area contributed by atoms with Gasteiger partial charge in [-0.1, -0.05) is 92.7 Å². The molecule has 77 heavy (non-hydrogen) atoms. The lowest BCUT2D eigenvalue weighted by Crippen LogP contribution is -2.76. The van der Waals surface area contributed by atoms with Gasteiger partial charge in [0.05, 0.1) is 37.9 Å². The summed E-state index contributed by atoms with van der Waals surface area (Å²) in [5, 5.41) is 43.3. The Balaban J connectivity index is 1.18. The molecule has 1 unspecified atom stereocenters. The quantitative estimate of drug-likeness (QED) is 0.0445. The molecule has 1 heterocycles. The van der Waals surface area contributed by atoms with Crippen molar-refractivity contribution in [3.8, 4) is 0 Å². The summed E-state index contributed by atoms with van der Waals surface area (Å²) in [7, 11) is 0. The molecule has 3 aliphatic carbocycles. The SMILES string of the molecule is CC(=O)O[C@@]12COC1CC(=O)C1=C(O)[C@H](O)C3=C(C)[C@@H](OC(=O)[C@H](OC(=O)COCCOCCNC(=O)OCc4ccccc4)[C@@H](NC(=O)OC(C)(C)C)c4ccccc4)C[C@@](O)([C@@H](OC(=O)c4ccccc4)[C@@H]12)C3(C)C. The molecule has 2 bridgehead atoms. The Morgan fingerprint density at radius 2 is 1.49 bits per heavy atom. The maximum absolute atomic E-state index is 15.1. The molecule has 0 aromatic heterocycles. The van der Waals surface area contributed by atoms with Crippen molar-refractivity contribution < 1.29 is 91.5 Å². The number of hydrogen-bond donors (Lipinski definition) is 5. The van der Waals surface area contributed by atoms with Crippen LogP contribution >= 0.6 is 0 Å². The van der Waals surface area contributed by atoms with Gasteiger partial charge in [0, 0.05) is 37.3 Å². The fourth-order valence-electron chi connectivity index (χ4n) is 10.4. The van der Waals surface area contributed by atoms with E-state index in [1.165, 1.54) is 32.9 Å². The molecule has 0 spiro atoms. The predicted octanol–water partition coefficient (Wildman–Crippen LogP) is 5.22. The number of carbonyl (C=O) groups excluding carboxylic acids is 7. The van der Waals surface area contributed by atoms with Gasteiger partial charge in [-0.2, -0.15) is 0 Å². The van der Waals surface area contributed by atoms with E-state index in [9.17, 15) is 44.1 Å². The van der Waals surface area contributed by atoms with Crippen LogP contribution in [0.15, 0.2) is 113 Å². The van der Waals surface area contributed by atoms with Gasteiger partial charge >= 0.3 is 36.1 Å². The van der Waals surface area contributed by atoms with Gasteiger partial charge in [0.15, 0.2) is 11.4 Å². The zero-order chi connectivity index (χ0) is 55.9. The van der Waals surface area contributed by atoms with E-state index in [0.29, 0.717) is 0 Å². The molecule has 21 heteroatoms. The molecule has 3 aromatic carbocycles. The second kappa shape index (κ2) is 24.0.